The first-order valence-corrected chi connectivity index (χ1v) is 8.31. The first kappa shape index (κ1) is 17.3. The molecule has 25 heavy (non-hydrogen) atoms. The molecule has 3 aromatic rings. The number of anilines is 1. The Balaban J connectivity index is 1.57. The molecule has 1 aromatic heterocycles. The quantitative estimate of drug-likeness (QED) is 0.700. The van der Waals surface area contributed by atoms with Crippen LogP contribution in [0.2, 0.25) is 10.0 Å². The fourth-order valence-corrected chi connectivity index (χ4v) is 2.50. The molecule has 0 unspecified atom stereocenters. The summed E-state index contributed by atoms with van der Waals surface area (Å²) in [5.74, 6) is 0.518. The molecular weight excluding hydrogens is 361 g/mol. The van der Waals surface area contributed by atoms with Gasteiger partial charge in [0.1, 0.15) is 10.8 Å². The molecule has 0 atom stereocenters. The molecule has 1 heterocycles. The lowest BCUT2D eigenvalue weighted by Crippen LogP contribution is -2.20. The minimum Gasteiger partial charge on any atom is -0.484 e. The van der Waals surface area contributed by atoms with E-state index in [0.717, 1.165) is 5.56 Å². The van der Waals surface area contributed by atoms with Crippen molar-refractivity contribution in [3.63, 3.8) is 0 Å². The Hall–Kier alpha value is -2.50. The van der Waals surface area contributed by atoms with E-state index in [4.69, 9.17) is 27.9 Å². The van der Waals surface area contributed by atoms with Gasteiger partial charge in [-0.25, -0.2) is 0 Å². The molecule has 0 fully saturated rings. The van der Waals surface area contributed by atoms with Gasteiger partial charge in [0.2, 0.25) is 0 Å². The summed E-state index contributed by atoms with van der Waals surface area (Å²) in [6.07, 6.45) is 1.67. The standard InChI is InChI=1S/C18H15Cl2N3O2/c19-14-6-8-15(9-7-14)25-12-17(24)21-18-16(20)11-23(22-18)10-13-4-2-1-3-5-13/h1-9,11H,10,12H2,(H,21,22,24). The summed E-state index contributed by atoms with van der Waals surface area (Å²) in [5.41, 5.74) is 1.09. The lowest BCUT2D eigenvalue weighted by molar-refractivity contribution is -0.118. The summed E-state index contributed by atoms with van der Waals surface area (Å²) in [5, 5.41) is 7.91. The van der Waals surface area contributed by atoms with E-state index in [1.165, 1.54) is 0 Å². The SMILES string of the molecule is O=C(COc1ccc(Cl)cc1)Nc1nn(Cc2ccccc2)cc1Cl. The second-order valence-electron chi connectivity index (χ2n) is 5.30. The van der Waals surface area contributed by atoms with Crippen molar-refractivity contribution < 1.29 is 9.53 Å². The maximum atomic E-state index is 12.0. The van der Waals surface area contributed by atoms with E-state index >= 15 is 0 Å². The molecular formula is C18H15Cl2N3O2. The molecule has 0 spiro atoms. The molecule has 0 aliphatic rings. The number of aromatic nitrogens is 2. The zero-order chi connectivity index (χ0) is 17.6. The van der Waals surface area contributed by atoms with Crippen LogP contribution >= 0.6 is 23.2 Å². The fraction of sp³-hybridized carbons (Fsp3) is 0.111. The number of benzene rings is 2. The lowest BCUT2D eigenvalue weighted by Gasteiger charge is -2.06. The van der Waals surface area contributed by atoms with Crippen molar-refractivity contribution in [3.05, 3.63) is 76.4 Å². The largest absolute Gasteiger partial charge is 0.484 e. The van der Waals surface area contributed by atoms with Crippen molar-refractivity contribution in [3.8, 4) is 5.75 Å². The van der Waals surface area contributed by atoms with Crippen molar-refractivity contribution in [2.24, 2.45) is 0 Å². The summed E-state index contributed by atoms with van der Waals surface area (Å²) < 4.78 is 7.06. The van der Waals surface area contributed by atoms with Crippen LogP contribution in [0.1, 0.15) is 5.56 Å². The monoisotopic (exact) mass is 375 g/mol. The van der Waals surface area contributed by atoms with Crippen LogP contribution in [-0.4, -0.2) is 22.3 Å². The van der Waals surface area contributed by atoms with Gasteiger partial charge < -0.3 is 10.1 Å². The third-order valence-electron chi connectivity index (χ3n) is 3.35. The van der Waals surface area contributed by atoms with Gasteiger partial charge in [-0.1, -0.05) is 53.5 Å². The van der Waals surface area contributed by atoms with Crippen molar-refractivity contribution in [2.75, 3.05) is 11.9 Å². The van der Waals surface area contributed by atoms with Crippen LogP contribution in [-0.2, 0) is 11.3 Å². The Labute approximate surface area is 155 Å². The molecule has 7 heteroatoms. The van der Waals surface area contributed by atoms with Gasteiger partial charge in [-0.2, -0.15) is 5.10 Å². The van der Waals surface area contributed by atoms with Crippen LogP contribution in [0.15, 0.2) is 60.8 Å². The molecule has 0 aliphatic carbocycles. The normalized spacial score (nSPS) is 10.5. The number of carbonyl (C=O) groups is 1. The minimum atomic E-state index is -0.346. The highest BCUT2D eigenvalue weighted by Gasteiger charge is 2.11. The van der Waals surface area contributed by atoms with Gasteiger partial charge in [0.25, 0.3) is 5.91 Å². The van der Waals surface area contributed by atoms with Crippen LogP contribution in [0.4, 0.5) is 5.82 Å². The molecule has 0 bridgehead atoms. The highest BCUT2D eigenvalue weighted by Crippen LogP contribution is 2.20. The van der Waals surface area contributed by atoms with Crippen LogP contribution in [0.25, 0.3) is 0 Å². The Kier molecular flexibility index (Phi) is 5.58. The summed E-state index contributed by atoms with van der Waals surface area (Å²) in [4.78, 5) is 12.0. The van der Waals surface area contributed by atoms with Crippen molar-refractivity contribution >= 4 is 34.9 Å². The van der Waals surface area contributed by atoms with Crippen LogP contribution in [0.5, 0.6) is 5.75 Å². The molecule has 5 nitrogen and oxygen atoms in total. The summed E-state index contributed by atoms with van der Waals surface area (Å²) in [7, 11) is 0. The number of ether oxygens (including phenoxy) is 1. The van der Waals surface area contributed by atoms with Crippen LogP contribution in [0, 0.1) is 0 Å². The molecule has 0 aliphatic heterocycles. The predicted octanol–water partition coefficient (Wildman–Crippen LogP) is 4.26. The van der Waals surface area contributed by atoms with Gasteiger partial charge in [-0.15, -0.1) is 0 Å². The van der Waals surface area contributed by atoms with Crippen LogP contribution in [0.3, 0.4) is 0 Å². The first-order chi connectivity index (χ1) is 12.1. The minimum absolute atomic E-state index is 0.149. The van der Waals surface area contributed by atoms with E-state index < -0.39 is 0 Å². The molecule has 0 saturated carbocycles. The van der Waals surface area contributed by atoms with E-state index in [1.807, 2.05) is 30.3 Å². The van der Waals surface area contributed by atoms with Gasteiger partial charge in [-0.05, 0) is 29.8 Å². The zero-order valence-electron chi connectivity index (χ0n) is 13.2. The zero-order valence-corrected chi connectivity index (χ0v) is 14.7. The summed E-state index contributed by atoms with van der Waals surface area (Å²) >= 11 is 11.9. The number of carbonyl (C=O) groups excluding carboxylic acids is 1. The molecule has 2 aromatic carbocycles. The predicted molar refractivity (Wildman–Crippen MR) is 98.4 cm³/mol. The van der Waals surface area contributed by atoms with E-state index in [0.29, 0.717) is 28.2 Å². The molecule has 0 saturated heterocycles. The average molecular weight is 376 g/mol. The molecule has 128 valence electrons. The number of hydrogen-bond acceptors (Lipinski definition) is 3. The summed E-state index contributed by atoms with van der Waals surface area (Å²) in [6.45, 7) is 0.418. The highest BCUT2D eigenvalue weighted by molar-refractivity contribution is 6.33. The molecule has 1 amide bonds. The van der Waals surface area contributed by atoms with Crippen molar-refractivity contribution in [1.82, 2.24) is 9.78 Å². The van der Waals surface area contributed by atoms with E-state index in [-0.39, 0.29) is 12.5 Å². The summed E-state index contributed by atoms with van der Waals surface area (Å²) in [6, 6.07) is 16.6. The van der Waals surface area contributed by atoms with E-state index in [1.54, 1.807) is 35.1 Å². The number of halogens is 2. The van der Waals surface area contributed by atoms with Gasteiger partial charge in [0.05, 0.1) is 6.54 Å². The van der Waals surface area contributed by atoms with Crippen molar-refractivity contribution in [2.45, 2.75) is 6.54 Å². The maximum absolute atomic E-state index is 12.0. The van der Waals surface area contributed by atoms with E-state index in [2.05, 4.69) is 10.4 Å². The van der Waals surface area contributed by atoms with Gasteiger partial charge >= 0.3 is 0 Å². The van der Waals surface area contributed by atoms with Gasteiger partial charge in [0, 0.05) is 11.2 Å². The number of amides is 1. The third kappa shape index (κ3) is 4.98. The second kappa shape index (κ2) is 8.05. The molecule has 3 rings (SSSR count). The number of nitrogens with one attached hydrogen (secondary N) is 1. The second-order valence-corrected chi connectivity index (χ2v) is 6.14. The first-order valence-electron chi connectivity index (χ1n) is 7.55. The topological polar surface area (TPSA) is 56.1 Å². The Bertz CT molecular complexity index is 849. The fourth-order valence-electron chi connectivity index (χ4n) is 2.18. The van der Waals surface area contributed by atoms with E-state index in [9.17, 15) is 4.79 Å². The van der Waals surface area contributed by atoms with Crippen molar-refractivity contribution in [1.29, 1.82) is 0 Å². The molecule has 1 N–H and O–H groups in total. The average Bonchev–Trinajstić information content (AvgIpc) is 2.94. The van der Waals surface area contributed by atoms with Gasteiger partial charge in [-0.3, -0.25) is 9.48 Å². The maximum Gasteiger partial charge on any atom is 0.263 e. The number of hydrogen-bond donors (Lipinski definition) is 1. The smallest absolute Gasteiger partial charge is 0.263 e. The Morgan fingerprint density at radius 3 is 2.52 bits per heavy atom. The highest BCUT2D eigenvalue weighted by atomic mass is 35.5. The Morgan fingerprint density at radius 2 is 1.80 bits per heavy atom. The van der Waals surface area contributed by atoms with Gasteiger partial charge in [0.15, 0.2) is 12.4 Å². The lowest BCUT2D eigenvalue weighted by atomic mass is 10.2. The number of rotatable bonds is 6. The van der Waals surface area contributed by atoms with Crippen LogP contribution < -0.4 is 10.1 Å². The Morgan fingerprint density at radius 1 is 1.08 bits per heavy atom. The third-order valence-corrected chi connectivity index (χ3v) is 3.87. The molecule has 0 radical (unpaired) electrons. The number of nitrogens with zero attached hydrogens (tertiary/aromatic N) is 2.